The van der Waals surface area contributed by atoms with Gasteiger partial charge in [-0.3, -0.25) is 4.68 Å². The Hall–Kier alpha value is -0.940. The zero-order chi connectivity index (χ0) is 9.68. The highest BCUT2D eigenvalue weighted by Gasteiger charge is 2.01. The van der Waals surface area contributed by atoms with E-state index in [0.29, 0.717) is 19.4 Å². The second-order valence-corrected chi connectivity index (χ2v) is 3.08. The van der Waals surface area contributed by atoms with Gasteiger partial charge in [-0.25, -0.2) is 0 Å². The lowest BCUT2D eigenvalue weighted by Crippen LogP contribution is -2.07. The lowest BCUT2D eigenvalue weighted by molar-refractivity contribution is 0.176. The quantitative estimate of drug-likeness (QED) is 0.654. The van der Waals surface area contributed by atoms with Gasteiger partial charge in [0.25, 0.3) is 0 Å². The Labute approximate surface area is 77.0 Å². The van der Waals surface area contributed by atoms with E-state index in [0.717, 1.165) is 5.69 Å². The van der Waals surface area contributed by atoms with Gasteiger partial charge in [0.1, 0.15) is 0 Å². The molecular weight excluding hydrogens is 170 g/mol. The molecule has 0 aliphatic carbocycles. The molecule has 1 atom stereocenters. The molecule has 0 aliphatic heterocycles. The zero-order valence-electron chi connectivity index (χ0n) is 7.72. The molecule has 1 unspecified atom stereocenters. The molecule has 0 saturated heterocycles. The fourth-order valence-electron chi connectivity index (χ4n) is 0.996. The van der Waals surface area contributed by atoms with Crippen LogP contribution in [0.25, 0.3) is 0 Å². The fraction of sp³-hybridized carbons (Fsp3) is 0.750. The number of aromatic nitrogens is 3. The number of hydrogen-bond acceptors (Lipinski definition) is 4. The fourth-order valence-corrected chi connectivity index (χ4v) is 0.996. The third-order valence-electron chi connectivity index (χ3n) is 1.73. The van der Waals surface area contributed by atoms with Crippen LogP contribution in [0, 0.1) is 0 Å². The molecule has 13 heavy (non-hydrogen) atoms. The molecule has 0 aliphatic rings. The van der Waals surface area contributed by atoms with Gasteiger partial charge in [-0.2, -0.15) is 0 Å². The molecule has 0 fully saturated rings. The molecule has 0 aromatic carbocycles. The van der Waals surface area contributed by atoms with Gasteiger partial charge in [0, 0.05) is 25.8 Å². The summed E-state index contributed by atoms with van der Waals surface area (Å²) in [6.45, 7) is 2.50. The van der Waals surface area contributed by atoms with Crippen LogP contribution in [-0.4, -0.2) is 37.9 Å². The molecule has 0 bridgehead atoms. The van der Waals surface area contributed by atoms with Gasteiger partial charge in [-0.05, 0) is 13.3 Å². The molecule has 0 spiro atoms. The summed E-state index contributed by atoms with van der Waals surface area (Å²) in [6, 6.07) is 0. The van der Waals surface area contributed by atoms with E-state index < -0.39 is 0 Å². The second-order valence-electron chi connectivity index (χ2n) is 3.08. The Bertz CT molecular complexity index is 247. The van der Waals surface area contributed by atoms with Gasteiger partial charge < -0.3 is 10.2 Å². The number of aryl methyl sites for hydroxylation is 1. The van der Waals surface area contributed by atoms with Crippen LogP contribution in [0.4, 0.5) is 0 Å². The van der Waals surface area contributed by atoms with Crippen molar-refractivity contribution < 1.29 is 10.2 Å². The van der Waals surface area contributed by atoms with E-state index in [1.165, 1.54) is 0 Å². The second kappa shape index (κ2) is 4.94. The number of aliphatic hydroxyl groups is 2. The van der Waals surface area contributed by atoms with Crippen LogP contribution in [0.2, 0.25) is 0 Å². The summed E-state index contributed by atoms with van der Waals surface area (Å²) >= 11 is 0. The van der Waals surface area contributed by atoms with Gasteiger partial charge in [0.2, 0.25) is 0 Å². The summed E-state index contributed by atoms with van der Waals surface area (Å²) in [7, 11) is 0. The molecule has 1 aromatic rings. The number of rotatable bonds is 5. The van der Waals surface area contributed by atoms with E-state index in [1.54, 1.807) is 17.8 Å². The molecule has 1 aromatic heterocycles. The molecule has 0 saturated carbocycles. The molecule has 0 amide bonds. The maximum absolute atomic E-state index is 9.02. The van der Waals surface area contributed by atoms with Crippen LogP contribution in [0.3, 0.4) is 0 Å². The summed E-state index contributed by atoms with van der Waals surface area (Å²) in [5.74, 6) is 0. The first-order chi connectivity index (χ1) is 6.22. The van der Waals surface area contributed by atoms with Gasteiger partial charge >= 0.3 is 0 Å². The summed E-state index contributed by atoms with van der Waals surface area (Å²) in [6.07, 6.45) is 2.68. The molecule has 2 N–H and O–H groups in total. The molecule has 5 heteroatoms. The van der Waals surface area contributed by atoms with Crippen molar-refractivity contribution >= 4 is 0 Å². The smallest absolute Gasteiger partial charge is 0.0849 e. The van der Waals surface area contributed by atoms with Crippen LogP contribution >= 0.6 is 0 Å². The predicted molar refractivity (Wildman–Crippen MR) is 47.1 cm³/mol. The lowest BCUT2D eigenvalue weighted by Gasteiger charge is -2.01. The van der Waals surface area contributed by atoms with Gasteiger partial charge in [-0.1, -0.05) is 5.21 Å². The van der Waals surface area contributed by atoms with Crippen LogP contribution in [0.15, 0.2) is 6.20 Å². The van der Waals surface area contributed by atoms with Crippen LogP contribution in [0.5, 0.6) is 0 Å². The summed E-state index contributed by atoms with van der Waals surface area (Å²) in [5.41, 5.74) is 0.785. The van der Waals surface area contributed by atoms with Crippen molar-refractivity contribution in [2.75, 3.05) is 6.61 Å². The van der Waals surface area contributed by atoms with Crippen molar-refractivity contribution in [2.45, 2.75) is 32.4 Å². The van der Waals surface area contributed by atoms with Crippen molar-refractivity contribution in [3.8, 4) is 0 Å². The Morgan fingerprint density at radius 2 is 2.38 bits per heavy atom. The highest BCUT2D eigenvalue weighted by atomic mass is 16.3. The zero-order valence-corrected chi connectivity index (χ0v) is 7.72. The molecular formula is C8H15N3O2. The molecule has 74 valence electrons. The highest BCUT2D eigenvalue weighted by Crippen LogP contribution is 1.97. The number of aliphatic hydroxyl groups excluding tert-OH is 2. The first-order valence-electron chi connectivity index (χ1n) is 4.40. The molecule has 0 radical (unpaired) electrons. The van der Waals surface area contributed by atoms with Crippen molar-refractivity contribution in [1.82, 2.24) is 15.0 Å². The lowest BCUT2D eigenvalue weighted by atomic mass is 10.3. The average Bonchev–Trinajstić information content (AvgIpc) is 2.50. The topological polar surface area (TPSA) is 71.2 Å². The standard InChI is InChI=1S/C8H15N3O2/c1-7(13)2-4-11-6-8(3-5-12)9-10-11/h6-7,12-13H,2-5H2,1H3. The monoisotopic (exact) mass is 185 g/mol. The Kier molecular flexibility index (Phi) is 3.85. The highest BCUT2D eigenvalue weighted by molar-refractivity contribution is 4.91. The SMILES string of the molecule is CC(O)CCn1cc(CCO)nn1. The predicted octanol–water partition coefficient (Wildman–Crippen LogP) is -0.416. The summed E-state index contributed by atoms with van der Waals surface area (Å²) in [5, 5.41) is 25.4. The normalized spacial score (nSPS) is 13.2. The van der Waals surface area contributed by atoms with Crippen molar-refractivity contribution in [1.29, 1.82) is 0 Å². The van der Waals surface area contributed by atoms with E-state index in [4.69, 9.17) is 10.2 Å². The van der Waals surface area contributed by atoms with E-state index >= 15 is 0 Å². The Morgan fingerprint density at radius 1 is 1.62 bits per heavy atom. The summed E-state index contributed by atoms with van der Waals surface area (Å²) in [4.78, 5) is 0. The number of hydrogen-bond donors (Lipinski definition) is 2. The molecule has 5 nitrogen and oxygen atoms in total. The minimum absolute atomic E-state index is 0.0924. The average molecular weight is 185 g/mol. The minimum atomic E-state index is -0.314. The number of nitrogens with zero attached hydrogens (tertiary/aromatic N) is 3. The first-order valence-corrected chi connectivity index (χ1v) is 4.40. The van der Waals surface area contributed by atoms with Crippen LogP contribution in [-0.2, 0) is 13.0 Å². The van der Waals surface area contributed by atoms with Crippen LogP contribution < -0.4 is 0 Å². The maximum Gasteiger partial charge on any atom is 0.0849 e. The van der Waals surface area contributed by atoms with E-state index in [2.05, 4.69) is 10.3 Å². The van der Waals surface area contributed by atoms with E-state index in [9.17, 15) is 0 Å². The van der Waals surface area contributed by atoms with Gasteiger partial charge in [0.05, 0.1) is 11.8 Å². The van der Waals surface area contributed by atoms with Crippen molar-refractivity contribution in [2.24, 2.45) is 0 Å². The van der Waals surface area contributed by atoms with E-state index in [1.807, 2.05) is 0 Å². The Morgan fingerprint density at radius 3 is 3.00 bits per heavy atom. The van der Waals surface area contributed by atoms with Crippen LogP contribution in [0.1, 0.15) is 19.0 Å². The van der Waals surface area contributed by atoms with Crippen molar-refractivity contribution in [3.63, 3.8) is 0 Å². The summed E-state index contributed by atoms with van der Waals surface area (Å²) < 4.78 is 1.68. The Balaban J connectivity index is 2.39. The maximum atomic E-state index is 9.02. The third-order valence-corrected chi connectivity index (χ3v) is 1.73. The largest absolute Gasteiger partial charge is 0.396 e. The molecule has 1 rings (SSSR count). The third kappa shape index (κ3) is 3.52. The van der Waals surface area contributed by atoms with Gasteiger partial charge in [-0.15, -0.1) is 5.10 Å². The van der Waals surface area contributed by atoms with Gasteiger partial charge in [0.15, 0.2) is 0 Å². The first kappa shape index (κ1) is 10.1. The van der Waals surface area contributed by atoms with E-state index in [-0.39, 0.29) is 12.7 Å². The molecule has 1 heterocycles. The minimum Gasteiger partial charge on any atom is -0.396 e. The van der Waals surface area contributed by atoms with Crippen molar-refractivity contribution in [3.05, 3.63) is 11.9 Å².